The number of methoxy groups -OCH3 is 1. The number of nitrogens with two attached hydrogens (primary N) is 1. The van der Waals surface area contributed by atoms with Gasteiger partial charge in [-0.3, -0.25) is 4.79 Å². The summed E-state index contributed by atoms with van der Waals surface area (Å²) >= 11 is 0. The molecule has 0 aromatic heterocycles. The minimum atomic E-state index is 0.247. The summed E-state index contributed by atoms with van der Waals surface area (Å²) in [7, 11) is 1.72. The average molecular weight is 240 g/mol. The van der Waals surface area contributed by atoms with Gasteiger partial charge in [-0.05, 0) is 25.2 Å². The lowest BCUT2D eigenvalue weighted by atomic mass is 9.99. The topological polar surface area (TPSA) is 55.6 Å². The lowest BCUT2D eigenvalue weighted by Crippen LogP contribution is -2.34. The molecule has 4 heteroatoms. The third-order valence-electron chi connectivity index (χ3n) is 4.20. The number of carbonyl (C=O) groups is 1. The molecule has 1 aliphatic carbocycles. The van der Waals surface area contributed by atoms with Gasteiger partial charge in [-0.15, -0.1) is 0 Å². The Hall–Kier alpha value is -0.610. The van der Waals surface area contributed by atoms with Crippen molar-refractivity contribution in [2.45, 2.75) is 38.1 Å². The van der Waals surface area contributed by atoms with Crippen molar-refractivity contribution in [3.05, 3.63) is 0 Å². The maximum atomic E-state index is 12.1. The van der Waals surface area contributed by atoms with Crippen LogP contribution in [0.5, 0.6) is 0 Å². The van der Waals surface area contributed by atoms with Gasteiger partial charge in [0.1, 0.15) is 0 Å². The third kappa shape index (κ3) is 3.19. The van der Waals surface area contributed by atoms with E-state index >= 15 is 0 Å². The van der Waals surface area contributed by atoms with E-state index in [-0.39, 0.29) is 6.04 Å². The van der Waals surface area contributed by atoms with Gasteiger partial charge >= 0.3 is 0 Å². The molecule has 98 valence electrons. The Bertz CT molecular complexity index is 270. The highest BCUT2D eigenvalue weighted by atomic mass is 16.5. The largest absolute Gasteiger partial charge is 0.384 e. The Labute approximate surface area is 103 Å². The van der Waals surface area contributed by atoms with Gasteiger partial charge in [0.2, 0.25) is 5.91 Å². The standard InChI is InChI=1S/C13H24N2O2/c1-17-9-10-5-6-15(8-10)13(16)7-11-3-2-4-12(11)14/h10-12H,2-9,14H2,1H3/t10?,11-,12+/m0/s1. The van der Waals surface area contributed by atoms with E-state index in [9.17, 15) is 4.79 Å². The van der Waals surface area contributed by atoms with Gasteiger partial charge in [-0.2, -0.15) is 0 Å². The second-order valence-corrected chi connectivity index (χ2v) is 5.51. The van der Waals surface area contributed by atoms with Gasteiger partial charge in [-0.25, -0.2) is 0 Å². The molecule has 2 rings (SSSR count). The van der Waals surface area contributed by atoms with E-state index in [0.717, 1.165) is 39.0 Å². The van der Waals surface area contributed by atoms with Crippen LogP contribution in [0.1, 0.15) is 32.1 Å². The molecule has 0 radical (unpaired) electrons. The van der Waals surface area contributed by atoms with Crippen LogP contribution < -0.4 is 5.73 Å². The molecule has 0 bridgehead atoms. The van der Waals surface area contributed by atoms with Gasteiger partial charge in [0.25, 0.3) is 0 Å². The minimum absolute atomic E-state index is 0.247. The Morgan fingerprint density at radius 2 is 2.24 bits per heavy atom. The van der Waals surface area contributed by atoms with Gasteiger partial charge in [0.15, 0.2) is 0 Å². The highest BCUT2D eigenvalue weighted by Gasteiger charge is 2.31. The van der Waals surface area contributed by atoms with Crippen LogP contribution >= 0.6 is 0 Å². The first-order valence-corrected chi connectivity index (χ1v) is 6.73. The maximum absolute atomic E-state index is 12.1. The molecule has 1 aliphatic heterocycles. The predicted molar refractivity (Wildman–Crippen MR) is 66.5 cm³/mol. The second kappa shape index (κ2) is 5.83. The first kappa shape index (κ1) is 12.8. The maximum Gasteiger partial charge on any atom is 0.222 e. The van der Waals surface area contributed by atoms with E-state index in [4.69, 9.17) is 10.5 Å². The van der Waals surface area contributed by atoms with Gasteiger partial charge in [-0.1, -0.05) is 6.42 Å². The van der Waals surface area contributed by atoms with Crippen LogP contribution in [-0.4, -0.2) is 43.7 Å². The van der Waals surface area contributed by atoms with Gasteiger partial charge in [0, 0.05) is 38.6 Å². The van der Waals surface area contributed by atoms with Gasteiger partial charge < -0.3 is 15.4 Å². The summed E-state index contributed by atoms with van der Waals surface area (Å²) in [6.45, 7) is 2.54. The Balaban J connectivity index is 1.77. The molecule has 2 fully saturated rings. The number of hydrogen-bond donors (Lipinski definition) is 1. The number of carbonyl (C=O) groups excluding carboxylic acids is 1. The molecule has 1 saturated heterocycles. The predicted octanol–water partition coefficient (Wildman–Crippen LogP) is 0.999. The summed E-state index contributed by atoms with van der Waals surface area (Å²) in [6.07, 6.45) is 5.13. The molecule has 0 aromatic carbocycles. The first-order chi connectivity index (χ1) is 8.20. The molecule has 2 aliphatic rings. The molecule has 0 aromatic rings. The van der Waals surface area contributed by atoms with Crippen molar-refractivity contribution in [3.8, 4) is 0 Å². The number of amides is 1. The fraction of sp³-hybridized carbons (Fsp3) is 0.923. The fourth-order valence-corrected chi connectivity index (χ4v) is 3.10. The van der Waals surface area contributed by atoms with Crippen molar-refractivity contribution in [2.75, 3.05) is 26.8 Å². The quantitative estimate of drug-likeness (QED) is 0.797. The molecule has 1 heterocycles. The smallest absolute Gasteiger partial charge is 0.222 e. The van der Waals surface area contributed by atoms with Crippen molar-refractivity contribution < 1.29 is 9.53 Å². The van der Waals surface area contributed by atoms with Crippen LogP contribution in [0.25, 0.3) is 0 Å². The number of nitrogens with zero attached hydrogens (tertiary/aromatic N) is 1. The highest BCUT2D eigenvalue weighted by Crippen LogP contribution is 2.28. The number of hydrogen-bond acceptors (Lipinski definition) is 3. The zero-order valence-electron chi connectivity index (χ0n) is 10.7. The van der Waals surface area contributed by atoms with E-state index in [0.29, 0.717) is 24.2 Å². The Morgan fingerprint density at radius 3 is 2.88 bits per heavy atom. The van der Waals surface area contributed by atoms with Crippen molar-refractivity contribution >= 4 is 5.91 Å². The molecule has 17 heavy (non-hydrogen) atoms. The lowest BCUT2D eigenvalue weighted by molar-refractivity contribution is -0.131. The SMILES string of the molecule is COCC1CCN(C(=O)C[C@@H]2CCC[C@H]2N)C1. The summed E-state index contributed by atoms with van der Waals surface area (Å²) < 4.78 is 5.15. The molecular formula is C13H24N2O2. The molecule has 1 unspecified atom stereocenters. The van der Waals surface area contributed by atoms with E-state index in [1.165, 1.54) is 6.42 Å². The summed E-state index contributed by atoms with van der Waals surface area (Å²) in [6, 6.07) is 0.247. The van der Waals surface area contributed by atoms with Crippen molar-refractivity contribution in [1.82, 2.24) is 4.90 Å². The Morgan fingerprint density at radius 1 is 1.41 bits per heavy atom. The summed E-state index contributed by atoms with van der Waals surface area (Å²) in [5, 5.41) is 0. The van der Waals surface area contributed by atoms with Crippen molar-refractivity contribution in [3.63, 3.8) is 0 Å². The monoisotopic (exact) mass is 240 g/mol. The minimum Gasteiger partial charge on any atom is -0.384 e. The van der Waals surface area contributed by atoms with Crippen LogP contribution in [0.15, 0.2) is 0 Å². The molecule has 0 spiro atoms. The van der Waals surface area contributed by atoms with E-state index in [2.05, 4.69) is 0 Å². The normalized spacial score (nSPS) is 33.3. The van der Waals surface area contributed by atoms with Crippen LogP contribution in [0.3, 0.4) is 0 Å². The number of likely N-dealkylation sites (tertiary alicyclic amines) is 1. The third-order valence-corrected chi connectivity index (χ3v) is 4.20. The summed E-state index contributed by atoms with van der Waals surface area (Å²) in [5.74, 6) is 1.25. The fourth-order valence-electron chi connectivity index (χ4n) is 3.10. The van der Waals surface area contributed by atoms with Crippen molar-refractivity contribution in [2.24, 2.45) is 17.6 Å². The second-order valence-electron chi connectivity index (χ2n) is 5.51. The van der Waals surface area contributed by atoms with Crippen LogP contribution in [0.2, 0.25) is 0 Å². The van der Waals surface area contributed by atoms with Crippen LogP contribution in [0.4, 0.5) is 0 Å². The van der Waals surface area contributed by atoms with Crippen molar-refractivity contribution in [1.29, 1.82) is 0 Å². The molecule has 3 atom stereocenters. The van der Waals surface area contributed by atoms with Crippen LogP contribution in [0, 0.1) is 11.8 Å². The summed E-state index contributed by atoms with van der Waals surface area (Å²) in [5.41, 5.74) is 6.01. The zero-order chi connectivity index (χ0) is 12.3. The lowest BCUT2D eigenvalue weighted by Gasteiger charge is -2.20. The Kier molecular flexibility index (Phi) is 4.40. The van der Waals surface area contributed by atoms with E-state index in [1.54, 1.807) is 7.11 Å². The number of ether oxygens (including phenoxy) is 1. The molecular weight excluding hydrogens is 216 g/mol. The van der Waals surface area contributed by atoms with Gasteiger partial charge in [0.05, 0.1) is 6.61 Å². The van der Waals surface area contributed by atoms with Crippen LogP contribution in [-0.2, 0) is 9.53 Å². The van der Waals surface area contributed by atoms with E-state index < -0.39 is 0 Å². The molecule has 1 saturated carbocycles. The number of rotatable bonds is 4. The highest BCUT2D eigenvalue weighted by molar-refractivity contribution is 5.76. The first-order valence-electron chi connectivity index (χ1n) is 6.73. The summed E-state index contributed by atoms with van der Waals surface area (Å²) in [4.78, 5) is 14.1. The average Bonchev–Trinajstić information content (AvgIpc) is 2.90. The molecule has 2 N–H and O–H groups in total. The molecule has 4 nitrogen and oxygen atoms in total. The van der Waals surface area contributed by atoms with E-state index in [1.807, 2.05) is 4.90 Å². The zero-order valence-corrected chi connectivity index (χ0v) is 10.7. The molecule has 1 amide bonds.